The van der Waals surface area contributed by atoms with Gasteiger partial charge in [0.1, 0.15) is 0 Å². The van der Waals surface area contributed by atoms with E-state index in [-0.39, 0.29) is 24.0 Å². The molecule has 7 heteroatoms. The molecule has 2 fully saturated rings. The topological polar surface area (TPSA) is 46.1 Å². The predicted octanol–water partition coefficient (Wildman–Crippen LogP) is 2.38. The zero-order chi connectivity index (χ0) is 19.9. The molecule has 0 saturated carbocycles. The predicted molar refractivity (Wildman–Crippen MR) is 135 cm³/mol. The molecule has 2 aliphatic heterocycles. The van der Waals surface area contributed by atoms with Gasteiger partial charge in [0.2, 0.25) is 0 Å². The molecule has 0 bridgehead atoms. The maximum absolute atomic E-state index is 4.93. The highest BCUT2D eigenvalue weighted by molar-refractivity contribution is 14.0. The van der Waals surface area contributed by atoms with Crippen LogP contribution in [0, 0.1) is 6.92 Å². The zero-order valence-electron chi connectivity index (χ0n) is 18.5. The van der Waals surface area contributed by atoms with E-state index in [0.29, 0.717) is 12.1 Å². The summed E-state index contributed by atoms with van der Waals surface area (Å²) in [6.45, 7) is 11.5. The number of halogens is 1. The van der Waals surface area contributed by atoms with Crippen molar-refractivity contribution in [2.24, 2.45) is 4.99 Å². The quantitative estimate of drug-likeness (QED) is 0.359. The van der Waals surface area contributed by atoms with E-state index < -0.39 is 0 Å². The minimum absolute atomic E-state index is 0. The van der Waals surface area contributed by atoms with Crippen molar-refractivity contribution in [1.82, 2.24) is 20.4 Å². The Hall–Kier alpha value is -1.06. The van der Waals surface area contributed by atoms with Gasteiger partial charge in [-0.15, -0.1) is 24.0 Å². The average molecular weight is 515 g/mol. The van der Waals surface area contributed by atoms with Gasteiger partial charge >= 0.3 is 0 Å². The molecule has 2 unspecified atom stereocenters. The number of nitrogens with one attached hydrogen (secondary N) is 2. The Kier molecular flexibility index (Phi) is 9.98. The molecular weight excluding hydrogens is 475 g/mol. The van der Waals surface area contributed by atoms with E-state index in [9.17, 15) is 0 Å². The summed E-state index contributed by atoms with van der Waals surface area (Å²) in [5, 5.41) is 7.14. The Balaban J connectivity index is 0.00000300. The highest BCUT2D eigenvalue weighted by Crippen LogP contribution is 2.20. The molecule has 2 N–H and O–H groups in total. The Morgan fingerprint density at radius 2 is 1.86 bits per heavy atom. The van der Waals surface area contributed by atoms with E-state index in [0.717, 1.165) is 51.8 Å². The van der Waals surface area contributed by atoms with Crippen molar-refractivity contribution >= 4 is 35.6 Å². The molecule has 2 aliphatic rings. The fourth-order valence-electron chi connectivity index (χ4n) is 4.09. The Bertz CT molecular complexity index is 635. The lowest BCUT2D eigenvalue weighted by Crippen LogP contribution is -2.53. The highest BCUT2D eigenvalue weighted by Gasteiger charge is 2.23. The zero-order valence-corrected chi connectivity index (χ0v) is 20.9. The maximum Gasteiger partial charge on any atom is 0.191 e. The van der Waals surface area contributed by atoms with Gasteiger partial charge in [-0.05, 0) is 52.9 Å². The van der Waals surface area contributed by atoms with Crippen LogP contribution in [0.2, 0.25) is 0 Å². The maximum atomic E-state index is 4.93. The third-order valence-corrected chi connectivity index (χ3v) is 5.95. The van der Waals surface area contributed by atoms with Crippen LogP contribution in [0.5, 0.6) is 0 Å². The SMILES string of the molecule is CCNC(=NCC1CN(C)CCN1C)NC1CCCN(c2ccc(C)cc2)C1.I. The summed E-state index contributed by atoms with van der Waals surface area (Å²) in [5.41, 5.74) is 2.64. The van der Waals surface area contributed by atoms with Crippen LogP contribution in [-0.2, 0) is 0 Å². The minimum Gasteiger partial charge on any atom is -0.369 e. The van der Waals surface area contributed by atoms with E-state index in [2.05, 4.69) is 77.5 Å². The minimum atomic E-state index is 0. The standard InChI is InChI=1S/C22H38N6.HI/c1-5-23-22(24-15-21-17-26(3)13-14-27(21)4)25-19-7-6-12-28(16-19)20-10-8-18(2)9-11-20;/h8-11,19,21H,5-7,12-17H2,1-4H3,(H2,23,24,25);1H. The van der Waals surface area contributed by atoms with Crippen molar-refractivity contribution in [3.63, 3.8) is 0 Å². The second-order valence-corrected chi connectivity index (χ2v) is 8.38. The van der Waals surface area contributed by atoms with Crippen LogP contribution in [0.25, 0.3) is 0 Å². The van der Waals surface area contributed by atoms with Crippen LogP contribution >= 0.6 is 24.0 Å². The Morgan fingerprint density at radius 3 is 2.59 bits per heavy atom. The molecule has 2 saturated heterocycles. The van der Waals surface area contributed by atoms with Gasteiger partial charge < -0.3 is 20.4 Å². The molecular formula is C22H39IN6. The molecule has 0 radical (unpaired) electrons. The normalized spacial score (nSPS) is 24.1. The molecule has 164 valence electrons. The third-order valence-electron chi connectivity index (χ3n) is 5.95. The number of nitrogens with zero attached hydrogens (tertiary/aromatic N) is 4. The van der Waals surface area contributed by atoms with Gasteiger partial charge in [-0.1, -0.05) is 17.7 Å². The average Bonchev–Trinajstić information content (AvgIpc) is 2.69. The van der Waals surface area contributed by atoms with Crippen LogP contribution in [0.3, 0.4) is 0 Å². The number of benzene rings is 1. The summed E-state index contributed by atoms with van der Waals surface area (Å²) >= 11 is 0. The largest absolute Gasteiger partial charge is 0.369 e. The fourth-order valence-corrected chi connectivity index (χ4v) is 4.09. The first kappa shape index (κ1) is 24.2. The highest BCUT2D eigenvalue weighted by atomic mass is 127. The van der Waals surface area contributed by atoms with E-state index in [1.807, 2.05) is 0 Å². The fraction of sp³-hybridized carbons (Fsp3) is 0.682. The van der Waals surface area contributed by atoms with Crippen LogP contribution < -0.4 is 15.5 Å². The number of rotatable bonds is 5. The monoisotopic (exact) mass is 514 g/mol. The first-order valence-corrected chi connectivity index (χ1v) is 10.8. The van der Waals surface area contributed by atoms with Gasteiger partial charge in [0.05, 0.1) is 6.54 Å². The molecule has 1 aromatic rings. The molecule has 1 aromatic carbocycles. The number of hydrogen-bond donors (Lipinski definition) is 2. The first-order chi connectivity index (χ1) is 13.5. The van der Waals surface area contributed by atoms with Gasteiger partial charge in [-0.2, -0.15) is 0 Å². The van der Waals surface area contributed by atoms with Crippen molar-refractivity contribution in [2.75, 3.05) is 64.8 Å². The van der Waals surface area contributed by atoms with Crippen LogP contribution in [0.15, 0.2) is 29.3 Å². The summed E-state index contributed by atoms with van der Waals surface area (Å²) < 4.78 is 0. The van der Waals surface area contributed by atoms with Crippen LogP contribution in [0.1, 0.15) is 25.3 Å². The summed E-state index contributed by atoms with van der Waals surface area (Å²) in [6, 6.07) is 9.81. The van der Waals surface area contributed by atoms with Gasteiger partial charge in [0, 0.05) is 57.0 Å². The van der Waals surface area contributed by atoms with Crippen molar-refractivity contribution in [1.29, 1.82) is 0 Å². The van der Waals surface area contributed by atoms with Gasteiger partial charge in [-0.25, -0.2) is 0 Å². The van der Waals surface area contributed by atoms with Gasteiger partial charge in [-0.3, -0.25) is 9.89 Å². The third kappa shape index (κ3) is 7.29. The summed E-state index contributed by atoms with van der Waals surface area (Å²) in [5.74, 6) is 0.958. The molecule has 0 spiro atoms. The second kappa shape index (κ2) is 12.0. The van der Waals surface area contributed by atoms with Crippen molar-refractivity contribution in [3.8, 4) is 0 Å². The van der Waals surface area contributed by atoms with Gasteiger partial charge in [0.25, 0.3) is 0 Å². The van der Waals surface area contributed by atoms with Crippen LogP contribution in [0.4, 0.5) is 5.69 Å². The smallest absolute Gasteiger partial charge is 0.191 e. The number of hydrogen-bond acceptors (Lipinski definition) is 4. The lowest BCUT2D eigenvalue weighted by Gasteiger charge is -2.37. The molecule has 29 heavy (non-hydrogen) atoms. The number of anilines is 1. The number of aliphatic imine (C=N–C) groups is 1. The molecule has 6 nitrogen and oxygen atoms in total. The molecule has 3 rings (SSSR count). The Morgan fingerprint density at radius 1 is 1.10 bits per heavy atom. The Labute approximate surface area is 194 Å². The van der Waals surface area contributed by atoms with Gasteiger partial charge in [0.15, 0.2) is 5.96 Å². The van der Waals surface area contributed by atoms with Crippen molar-refractivity contribution in [2.45, 2.75) is 38.8 Å². The lowest BCUT2D eigenvalue weighted by molar-refractivity contribution is 0.119. The summed E-state index contributed by atoms with van der Waals surface area (Å²) in [4.78, 5) is 12.3. The molecule has 0 aromatic heterocycles. The number of piperazine rings is 1. The van der Waals surface area contributed by atoms with Crippen molar-refractivity contribution in [3.05, 3.63) is 29.8 Å². The van der Waals surface area contributed by atoms with E-state index in [1.54, 1.807) is 0 Å². The summed E-state index contributed by atoms with van der Waals surface area (Å²) in [6.07, 6.45) is 2.40. The molecule has 0 aliphatic carbocycles. The molecule has 2 atom stereocenters. The van der Waals surface area contributed by atoms with Crippen LogP contribution in [-0.4, -0.2) is 87.8 Å². The number of aryl methyl sites for hydroxylation is 1. The van der Waals surface area contributed by atoms with Crippen molar-refractivity contribution < 1.29 is 0 Å². The second-order valence-electron chi connectivity index (χ2n) is 8.38. The van der Waals surface area contributed by atoms with E-state index in [1.165, 1.54) is 24.1 Å². The number of likely N-dealkylation sites (N-methyl/N-ethyl adjacent to an activating group) is 2. The molecule has 0 amide bonds. The number of piperidine rings is 1. The lowest BCUT2D eigenvalue weighted by atomic mass is 10.0. The number of guanidine groups is 1. The van der Waals surface area contributed by atoms with E-state index in [4.69, 9.17) is 4.99 Å². The first-order valence-electron chi connectivity index (χ1n) is 10.8. The molecule has 2 heterocycles. The van der Waals surface area contributed by atoms with E-state index >= 15 is 0 Å². The summed E-state index contributed by atoms with van der Waals surface area (Å²) in [7, 11) is 4.42.